The Hall–Kier alpha value is -0.560. The van der Waals surface area contributed by atoms with Gasteiger partial charge < -0.3 is 5.11 Å². The van der Waals surface area contributed by atoms with Gasteiger partial charge in [0.15, 0.2) is 0 Å². The van der Waals surface area contributed by atoms with Crippen LogP contribution in [-0.4, -0.2) is 11.7 Å². The summed E-state index contributed by atoms with van der Waals surface area (Å²) in [5.74, 6) is 0. The van der Waals surface area contributed by atoms with Crippen molar-refractivity contribution in [2.24, 2.45) is 0 Å². The van der Waals surface area contributed by atoms with Gasteiger partial charge in [0.25, 0.3) is 0 Å². The normalized spacial score (nSPS) is 18.7. The molecule has 0 heterocycles. The van der Waals surface area contributed by atoms with E-state index in [-0.39, 0.29) is 0 Å². The van der Waals surface area contributed by atoms with Gasteiger partial charge in [-0.1, -0.05) is 17.7 Å². The molecule has 1 aliphatic carbocycles. The number of allylic oxidation sites excluding steroid dienone is 3. The predicted octanol–water partition coefficient (Wildman–Crippen LogP) is 2.43. The van der Waals surface area contributed by atoms with Crippen molar-refractivity contribution >= 4 is 0 Å². The van der Waals surface area contributed by atoms with Crippen LogP contribution in [0, 0.1) is 0 Å². The maximum atomic E-state index is 8.75. The summed E-state index contributed by atoms with van der Waals surface area (Å²) in [7, 11) is 0. The van der Waals surface area contributed by atoms with Crippen LogP contribution < -0.4 is 0 Å². The zero-order valence-electron chi connectivity index (χ0n) is 7.14. The first kappa shape index (κ1) is 8.54. The maximum Gasteiger partial charge on any atom is 0.0468 e. The van der Waals surface area contributed by atoms with E-state index in [0.29, 0.717) is 6.61 Å². The van der Waals surface area contributed by atoms with Gasteiger partial charge in [0, 0.05) is 6.61 Å². The highest BCUT2D eigenvalue weighted by atomic mass is 16.2. The molecule has 1 N–H and O–H groups in total. The molecule has 0 aromatic carbocycles. The van der Waals surface area contributed by atoms with Gasteiger partial charge in [-0.2, -0.15) is 0 Å². The molecule has 1 rings (SSSR count). The smallest absolute Gasteiger partial charge is 0.0468 e. The summed E-state index contributed by atoms with van der Waals surface area (Å²) in [6, 6.07) is 0. The van der Waals surface area contributed by atoms with Gasteiger partial charge in [0.2, 0.25) is 0 Å². The van der Waals surface area contributed by atoms with E-state index in [0.717, 1.165) is 6.42 Å². The van der Waals surface area contributed by atoms with E-state index < -0.39 is 0 Å². The Labute approximate surface area is 68.4 Å². The Morgan fingerprint density at radius 3 is 2.91 bits per heavy atom. The predicted molar refractivity (Wildman–Crippen MR) is 47.4 cm³/mol. The molecule has 0 unspecified atom stereocenters. The van der Waals surface area contributed by atoms with E-state index in [2.05, 4.69) is 12.2 Å². The molecule has 0 aromatic heterocycles. The lowest BCUT2D eigenvalue weighted by molar-refractivity contribution is 0.298. The van der Waals surface area contributed by atoms with Crippen LogP contribution in [-0.2, 0) is 0 Å². The molecule has 0 saturated heterocycles. The molecule has 0 saturated carbocycles. The standard InChI is InChI=1S/C10H16O/c1-2-4-9-5-3-6-10(9)7-8-11/h2,4,11H,3,5-8H2,1H3/b4-2-. The van der Waals surface area contributed by atoms with E-state index in [4.69, 9.17) is 5.11 Å². The lowest BCUT2D eigenvalue weighted by Crippen LogP contribution is -1.86. The minimum atomic E-state index is 0.302. The highest BCUT2D eigenvalue weighted by Crippen LogP contribution is 2.28. The first-order chi connectivity index (χ1) is 5.38. The molecule has 1 heteroatoms. The van der Waals surface area contributed by atoms with Gasteiger partial charge in [0.05, 0.1) is 0 Å². The minimum absolute atomic E-state index is 0.302. The number of aliphatic hydroxyl groups is 1. The zero-order valence-corrected chi connectivity index (χ0v) is 7.14. The highest BCUT2D eigenvalue weighted by Gasteiger charge is 2.10. The molecule has 0 fully saturated rings. The molecule has 11 heavy (non-hydrogen) atoms. The summed E-state index contributed by atoms with van der Waals surface area (Å²) in [6.45, 7) is 2.35. The third-order valence-corrected chi connectivity index (χ3v) is 2.16. The fourth-order valence-corrected chi connectivity index (χ4v) is 1.65. The largest absolute Gasteiger partial charge is 0.396 e. The summed E-state index contributed by atoms with van der Waals surface area (Å²) in [4.78, 5) is 0. The SMILES string of the molecule is C/C=C\C1=C(CCO)CCC1. The van der Waals surface area contributed by atoms with Gasteiger partial charge >= 0.3 is 0 Å². The van der Waals surface area contributed by atoms with Crippen LogP contribution in [0.15, 0.2) is 23.3 Å². The molecule has 0 radical (unpaired) electrons. The summed E-state index contributed by atoms with van der Waals surface area (Å²) >= 11 is 0. The lowest BCUT2D eigenvalue weighted by Gasteiger charge is -1.99. The molecule has 0 bridgehead atoms. The van der Waals surface area contributed by atoms with Crippen LogP contribution in [0.5, 0.6) is 0 Å². The zero-order chi connectivity index (χ0) is 8.10. The van der Waals surface area contributed by atoms with Crippen LogP contribution in [0.1, 0.15) is 32.6 Å². The summed E-state index contributed by atoms with van der Waals surface area (Å²) in [6.07, 6.45) is 8.81. The molecule has 0 aliphatic heterocycles. The second-order valence-corrected chi connectivity index (χ2v) is 2.96. The average Bonchev–Trinajstić information content (AvgIpc) is 2.39. The first-order valence-electron chi connectivity index (χ1n) is 4.33. The van der Waals surface area contributed by atoms with Crippen molar-refractivity contribution in [1.29, 1.82) is 0 Å². The molecule has 0 spiro atoms. The molecular weight excluding hydrogens is 136 g/mol. The topological polar surface area (TPSA) is 20.2 Å². The van der Waals surface area contributed by atoms with Crippen LogP contribution in [0.4, 0.5) is 0 Å². The average molecular weight is 152 g/mol. The van der Waals surface area contributed by atoms with Gasteiger partial charge in [-0.25, -0.2) is 0 Å². The second-order valence-electron chi connectivity index (χ2n) is 2.96. The fraction of sp³-hybridized carbons (Fsp3) is 0.600. The Morgan fingerprint density at radius 2 is 2.27 bits per heavy atom. The van der Waals surface area contributed by atoms with Crippen molar-refractivity contribution in [3.8, 4) is 0 Å². The Balaban J connectivity index is 2.61. The van der Waals surface area contributed by atoms with E-state index >= 15 is 0 Å². The summed E-state index contributed by atoms with van der Waals surface area (Å²) in [5, 5.41) is 8.75. The molecule has 1 aliphatic rings. The van der Waals surface area contributed by atoms with Crippen LogP contribution in [0.25, 0.3) is 0 Å². The monoisotopic (exact) mass is 152 g/mol. The molecule has 62 valence electrons. The molecule has 0 aromatic rings. The summed E-state index contributed by atoms with van der Waals surface area (Å²) < 4.78 is 0. The van der Waals surface area contributed by atoms with Crippen LogP contribution in [0.3, 0.4) is 0 Å². The second kappa shape index (κ2) is 4.35. The third kappa shape index (κ3) is 2.19. The molecular formula is C10H16O. The van der Waals surface area contributed by atoms with E-state index in [1.807, 2.05) is 6.92 Å². The first-order valence-corrected chi connectivity index (χ1v) is 4.33. The number of hydrogen-bond acceptors (Lipinski definition) is 1. The number of hydrogen-bond donors (Lipinski definition) is 1. The van der Waals surface area contributed by atoms with Crippen molar-refractivity contribution in [3.05, 3.63) is 23.3 Å². The van der Waals surface area contributed by atoms with Gasteiger partial charge in [0.1, 0.15) is 0 Å². The fourth-order valence-electron chi connectivity index (χ4n) is 1.65. The number of rotatable bonds is 3. The Morgan fingerprint density at radius 1 is 1.45 bits per heavy atom. The molecule has 1 nitrogen and oxygen atoms in total. The number of aliphatic hydroxyl groups excluding tert-OH is 1. The van der Waals surface area contributed by atoms with E-state index in [1.165, 1.54) is 30.4 Å². The van der Waals surface area contributed by atoms with Crippen LogP contribution in [0.2, 0.25) is 0 Å². The van der Waals surface area contributed by atoms with Gasteiger partial charge in [-0.05, 0) is 38.2 Å². The quantitative estimate of drug-likeness (QED) is 0.658. The minimum Gasteiger partial charge on any atom is -0.396 e. The Bertz CT molecular complexity index is 177. The van der Waals surface area contributed by atoms with Gasteiger partial charge in [-0.3, -0.25) is 0 Å². The lowest BCUT2D eigenvalue weighted by atomic mass is 10.1. The van der Waals surface area contributed by atoms with E-state index in [1.54, 1.807) is 0 Å². The van der Waals surface area contributed by atoms with Crippen LogP contribution >= 0.6 is 0 Å². The van der Waals surface area contributed by atoms with Crippen molar-refractivity contribution in [1.82, 2.24) is 0 Å². The Kier molecular flexibility index (Phi) is 3.37. The summed E-state index contributed by atoms with van der Waals surface area (Å²) in [5.41, 5.74) is 2.92. The highest BCUT2D eigenvalue weighted by molar-refractivity contribution is 5.29. The van der Waals surface area contributed by atoms with Crippen molar-refractivity contribution in [2.75, 3.05) is 6.61 Å². The van der Waals surface area contributed by atoms with Crippen molar-refractivity contribution in [3.63, 3.8) is 0 Å². The molecule has 0 atom stereocenters. The molecule has 0 amide bonds. The van der Waals surface area contributed by atoms with E-state index in [9.17, 15) is 0 Å². The third-order valence-electron chi connectivity index (χ3n) is 2.16. The van der Waals surface area contributed by atoms with Gasteiger partial charge in [-0.15, -0.1) is 0 Å². The van der Waals surface area contributed by atoms with Crippen molar-refractivity contribution < 1.29 is 5.11 Å². The van der Waals surface area contributed by atoms with Crippen molar-refractivity contribution in [2.45, 2.75) is 32.6 Å². The maximum absolute atomic E-state index is 8.75.